The van der Waals surface area contributed by atoms with Crippen molar-refractivity contribution in [1.82, 2.24) is 9.80 Å². The molecule has 0 amide bonds. The molecule has 0 aromatic heterocycles. The van der Waals surface area contributed by atoms with E-state index in [0.717, 1.165) is 56.7 Å². The average Bonchev–Trinajstić information content (AvgIpc) is 2.72. The highest BCUT2D eigenvalue weighted by Crippen LogP contribution is 2.25. The van der Waals surface area contributed by atoms with Crippen LogP contribution in [-0.2, 0) is 17.8 Å². The molecule has 1 saturated heterocycles. The number of hydrogen-bond acceptors (Lipinski definition) is 4. The summed E-state index contributed by atoms with van der Waals surface area (Å²) in [6.07, 6.45) is 2.21. The van der Waals surface area contributed by atoms with Gasteiger partial charge < -0.3 is 9.84 Å². The molecule has 0 saturated carbocycles. The van der Waals surface area contributed by atoms with Crippen LogP contribution in [0.2, 0.25) is 5.02 Å². The minimum absolute atomic E-state index is 0.112. The molecule has 1 aliphatic rings. The number of nitrogens with zero attached hydrogens (tertiary/aromatic N) is 2. The Morgan fingerprint density at radius 1 is 1.21 bits per heavy atom. The molecular formula is C23H30ClFN2O2. The summed E-state index contributed by atoms with van der Waals surface area (Å²) >= 11 is 6.06. The van der Waals surface area contributed by atoms with Crippen molar-refractivity contribution in [3.63, 3.8) is 0 Å². The zero-order valence-corrected chi connectivity index (χ0v) is 17.7. The van der Waals surface area contributed by atoms with E-state index in [-0.39, 0.29) is 11.6 Å². The molecule has 3 rings (SSSR count). The van der Waals surface area contributed by atoms with Crippen LogP contribution < -0.4 is 0 Å². The average molecular weight is 421 g/mol. The van der Waals surface area contributed by atoms with Crippen molar-refractivity contribution < 1.29 is 14.2 Å². The summed E-state index contributed by atoms with van der Waals surface area (Å²) in [5, 5.41) is 10.0. The summed E-state index contributed by atoms with van der Waals surface area (Å²) in [5.74, 6) is 0.602. The second-order valence-corrected chi connectivity index (χ2v) is 8.23. The Bertz CT molecular complexity index is 781. The van der Waals surface area contributed by atoms with Gasteiger partial charge in [-0.05, 0) is 55.6 Å². The number of rotatable bonds is 9. The number of methoxy groups -OCH3 is 1. The number of piperidine rings is 1. The number of likely N-dealkylation sites (tertiary alicyclic amines) is 1. The first kappa shape index (κ1) is 22.0. The maximum absolute atomic E-state index is 13.9. The van der Waals surface area contributed by atoms with Gasteiger partial charge in [0, 0.05) is 38.9 Å². The van der Waals surface area contributed by atoms with E-state index in [4.69, 9.17) is 16.3 Å². The predicted molar refractivity (Wildman–Crippen MR) is 115 cm³/mol. The Labute approximate surface area is 177 Å². The van der Waals surface area contributed by atoms with Crippen molar-refractivity contribution in [3.8, 4) is 5.75 Å². The molecule has 1 aliphatic heterocycles. The zero-order valence-electron chi connectivity index (χ0n) is 17.0. The van der Waals surface area contributed by atoms with Crippen LogP contribution in [0.25, 0.3) is 0 Å². The molecule has 1 heterocycles. The predicted octanol–water partition coefficient (Wildman–Crippen LogP) is 4.55. The van der Waals surface area contributed by atoms with E-state index < -0.39 is 0 Å². The van der Waals surface area contributed by atoms with Crippen LogP contribution in [0.1, 0.15) is 24.0 Å². The van der Waals surface area contributed by atoms with E-state index in [1.54, 1.807) is 19.2 Å². The standard InChI is InChI=1S/C23H30ClFN2O2/c1-29-13-12-27(16-19-6-7-23(28)21(24)14-19)15-18-8-10-26(11-9-18)17-20-4-2-3-5-22(20)25/h2-7,14,18,28H,8-13,15-17H2,1H3. The summed E-state index contributed by atoms with van der Waals surface area (Å²) in [4.78, 5) is 4.73. The lowest BCUT2D eigenvalue weighted by Crippen LogP contribution is -2.39. The van der Waals surface area contributed by atoms with Gasteiger partial charge in [0.05, 0.1) is 11.6 Å². The van der Waals surface area contributed by atoms with Gasteiger partial charge in [-0.25, -0.2) is 4.39 Å². The normalized spacial score (nSPS) is 15.9. The molecule has 29 heavy (non-hydrogen) atoms. The second-order valence-electron chi connectivity index (χ2n) is 7.82. The number of phenols is 1. The lowest BCUT2D eigenvalue weighted by molar-refractivity contribution is 0.106. The van der Waals surface area contributed by atoms with Crippen LogP contribution in [0, 0.1) is 11.7 Å². The van der Waals surface area contributed by atoms with Gasteiger partial charge in [0.15, 0.2) is 0 Å². The third-order valence-electron chi connectivity index (χ3n) is 5.61. The Kier molecular flexibility index (Phi) is 8.30. The van der Waals surface area contributed by atoms with E-state index in [1.807, 2.05) is 24.3 Å². The van der Waals surface area contributed by atoms with Gasteiger partial charge in [-0.15, -0.1) is 0 Å². The van der Waals surface area contributed by atoms with Gasteiger partial charge in [-0.3, -0.25) is 9.80 Å². The molecule has 0 spiro atoms. The van der Waals surface area contributed by atoms with Crippen molar-refractivity contribution in [2.24, 2.45) is 5.92 Å². The van der Waals surface area contributed by atoms with Crippen LogP contribution in [0.15, 0.2) is 42.5 Å². The Morgan fingerprint density at radius 2 is 1.97 bits per heavy atom. The van der Waals surface area contributed by atoms with Crippen LogP contribution >= 0.6 is 11.6 Å². The fraction of sp³-hybridized carbons (Fsp3) is 0.478. The molecule has 1 N–H and O–H groups in total. The van der Waals surface area contributed by atoms with E-state index in [1.165, 1.54) is 6.07 Å². The van der Waals surface area contributed by atoms with Crippen molar-refractivity contribution in [3.05, 3.63) is 64.4 Å². The van der Waals surface area contributed by atoms with Crippen molar-refractivity contribution in [1.29, 1.82) is 0 Å². The first-order valence-corrected chi connectivity index (χ1v) is 10.6. The summed E-state index contributed by atoms with van der Waals surface area (Å²) in [5.41, 5.74) is 1.86. The maximum Gasteiger partial charge on any atom is 0.134 e. The molecular weight excluding hydrogens is 391 g/mol. The molecule has 6 heteroatoms. The molecule has 0 bridgehead atoms. The van der Waals surface area contributed by atoms with Crippen LogP contribution in [-0.4, -0.2) is 54.8 Å². The van der Waals surface area contributed by atoms with Gasteiger partial charge in [0.2, 0.25) is 0 Å². The van der Waals surface area contributed by atoms with Gasteiger partial charge in [-0.1, -0.05) is 35.9 Å². The smallest absolute Gasteiger partial charge is 0.134 e. The lowest BCUT2D eigenvalue weighted by atomic mass is 9.95. The number of aromatic hydroxyl groups is 1. The highest BCUT2D eigenvalue weighted by atomic mass is 35.5. The fourth-order valence-corrected chi connectivity index (χ4v) is 4.13. The molecule has 0 aliphatic carbocycles. The second kappa shape index (κ2) is 10.9. The molecule has 0 atom stereocenters. The highest BCUT2D eigenvalue weighted by Gasteiger charge is 2.22. The lowest BCUT2D eigenvalue weighted by Gasteiger charge is -2.35. The molecule has 0 unspecified atom stereocenters. The molecule has 1 fully saturated rings. The van der Waals surface area contributed by atoms with Crippen molar-refractivity contribution >= 4 is 11.6 Å². The minimum atomic E-state index is -0.118. The van der Waals surface area contributed by atoms with Gasteiger partial charge >= 0.3 is 0 Å². The topological polar surface area (TPSA) is 35.9 Å². The van der Waals surface area contributed by atoms with Crippen LogP contribution in [0.4, 0.5) is 4.39 Å². The zero-order chi connectivity index (χ0) is 20.6. The molecule has 4 nitrogen and oxygen atoms in total. The monoisotopic (exact) mass is 420 g/mol. The Balaban J connectivity index is 1.52. The van der Waals surface area contributed by atoms with Gasteiger partial charge in [0.1, 0.15) is 11.6 Å². The first-order chi connectivity index (χ1) is 14.0. The maximum atomic E-state index is 13.9. The highest BCUT2D eigenvalue weighted by molar-refractivity contribution is 6.32. The molecule has 2 aromatic rings. The summed E-state index contributed by atoms with van der Waals surface area (Å²) in [6.45, 7) is 5.96. The van der Waals surface area contributed by atoms with Gasteiger partial charge in [0.25, 0.3) is 0 Å². The van der Waals surface area contributed by atoms with E-state index in [2.05, 4.69) is 9.80 Å². The van der Waals surface area contributed by atoms with Crippen LogP contribution in [0.5, 0.6) is 5.75 Å². The Morgan fingerprint density at radius 3 is 2.66 bits per heavy atom. The van der Waals surface area contributed by atoms with E-state index >= 15 is 0 Å². The van der Waals surface area contributed by atoms with E-state index in [9.17, 15) is 9.50 Å². The quantitative estimate of drug-likeness (QED) is 0.645. The summed E-state index contributed by atoms with van der Waals surface area (Å²) < 4.78 is 19.2. The number of ether oxygens (including phenoxy) is 1. The molecule has 158 valence electrons. The van der Waals surface area contributed by atoms with Crippen molar-refractivity contribution in [2.45, 2.75) is 25.9 Å². The number of hydrogen-bond donors (Lipinski definition) is 1. The largest absolute Gasteiger partial charge is 0.506 e. The third-order valence-corrected chi connectivity index (χ3v) is 5.91. The number of halogens is 2. The summed E-state index contributed by atoms with van der Waals surface area (Å²) in [6, 6.07) is 12.4. The Hall–Kier alpha value is -1.66. The SMILES string of the molecule is COCCN(Cc1ccc(O)c(Cl)c1)CC1CCN(Cc2ccccc2F)CC1. The van der Waals surface area contributed by atoms with Crippen LogP contribution in [0.3, 0.4) is 0 Å². The van der Waals surface area contributed by atoms with Gasteiger partial charge in [-0.2, -0.15) is 0 Å². The van der Waals surface area contributed by atoms with E-state index in [0.29, 0.717) is 24.1 Å². The number of phenolic OH excluding ortho intramolecular Hbond substituents is 1. The van der Waals surface area contributed by atoms with Crippen molar-refractivity contribution in [2.75, 3.05) is 39.9 Å². The minimum Gasteiger partial charge on any atom is -0.506 e. The summed E-state index contributed by atoms with van der Waals surface area (Å²) in [7, 11) is 1.72. The third kappa shape index (κ3) is 6.68. The fourth-order valence-electron chi connectivity index (χ4n) is 3.92. The molecule has 0 radical (unpaired) electrons. The number of benzene rings is 2. The molecule has 2 aromatic carbocycles. The first-order valence-electron chi connectivity index (χ1n) is 10.2.